The zero-order valence-electron chi connectivity index (χ0n) is 14.3. The number of anilines is 1. The molecule has 0 bridgehead atoms. The molecule has 0 aliphatic rings. The Bertz CT molecular complexity index is 921. The Morgan fingerprint density at radius 1 is 1.17 bits per heavy atom. The van der Waals surface area contributed by atoms with Crippen LogP contribution in [-0.4, -0.2) is 26.0 Å². The number of hydrogen-bond donors (Lipinski definition) is 2. The van der Waals surface area contributed by atoms with E-state index in [4.69, 9.17) is 10.7 Å². The highest BCUT2D eigenvalue weighted by Gasteiger charge is 2.16. The third-order valence-corrected chi connectivity index (χ3v) is 3.60. The average molecular weight is 323 g/mol. The second-order valence-corrected chi connectivity index (χ2v) is 6.81. The predicted molar refractivity (Wildman–Crippen MR) is 95.5 cm³/mol. The third kappa shape index (κ3) is 2.95. The Morgan fingerprint density at radius 3 is 2.58 bits per heavy atom. The van der Waals surface area contributed by atoms with Gasteiger partial charge in [-0.1, -0.05) is 6.07 Å². The molecule has 2 aromatic heterocycles. The lowest BCUT2D eigenvalue weighted by Gasteiger charge is -2.22. The Hall–Kier alpha value is -2.89. The summed E-state index contributed by atoms with van der Waals surface area (Å²) in [5.74, 6) is 0.250. The number of nitrogens with zero attached hydrogens (tertiary/aromatic N) is 3. The number of nitrogens with two attached hydrogens (primary N) is 1. The highest BCUT2D eigenvalue weighted by atomic mass is 16.1. The van der Waals surface area contributed by atoms with Crippen molar-refractivity contribution >= 4 is 22.8 Å². The van der Waals surface area contributed by atoms with Gasteiger partial charge in [-0.15, -0.1) is 0 Å². The minimum Gasteiger partial charge on any atom is -0.364 e. The molecule has 0 fully saturated rings. The lowest BCUT2D eigenvalue weighted by molar-refractivity contribution is 0.0994. The first-order valence-electron chi connectivity index (χ1n) is 7.79. The van der Waals surface area contributed by atoms with Crippen molar-refractivity contribution in [3.63, 3.8) is 0 Å². The third-order valence-electron chi connectivity index (χ3n) is 3.60. The molecule has 0 unspecified atom stereocenters. The number of hydrogen-bond acceptors (Lipinski definition) is 4. The van der Waals surface area contributed by atoms with Crippen LogP contribution in [0.25, 0.3) is 16.7 Å². The SMILES string of the molecule is Cc1nc2cccc(-n3cccc3C(N)=O)c2nc1NC(C)(C)C. The molecule has 3 rings (SSSR count). The van der Waals surface area contributed by atoms with Gasteiger partial charge < -0.3 is 15.6 Å². The number of aryl methyl sites for hydroxylation is 1. The molecule has 24 heavy (non-hydrogen) atoms. The standard InChI is InChI=1S/C18H21N5O/c1-11-17(22-18(2,3)4)21-15-12(20-11)7-5-8-13(15)23-10-6-9-14(23)16(19)24/h5-10H,1-4H3,(H2,19,24)(H,21,22). The highest BCUT2D eigenvalue weighted by Crippen LogP contribution is 2.25. The van der Waals surface area contributed by atoms with Gasteiger partial charge in [-0.2, -0.15) is 0 Å². The van der Waals surface area contributed by atoms with E-state index in [0.717, 1.165) is 22.7 Å². The lowest BCUT2D eigenvalue weighted by atomic mass is 10.1. The van der Waals surface area contributed by atoms with Crippen LogP contribution >= 0.6 is 0 Å². The summed E-state index contributed by atoms with van der Waals surface area (Å²) >= 11 is 0. The van der Waals surface area contributed by atoms with Crippen molar-refractivity contribution in [1.29, 1.82) is 0 Å². The van der Waals surface area contributed by atoms with Gasteiger partial charge in [0.25, 0.3) is 5.91 Å². The molecule has 1 aromatic carbocycles. The van der Waals surface area contributed by atoms with Gasteiger partial charge in [0.1, 0.15) is 17.0 Å². The van der Waals surface area contributed by atoms with Crippen molar-refractivity contribution in [3.05, 3.63) is 47.9 Å². The summed E-state index contributed by atoms with van der Waals surface area (Å²) in [5.41, 5.74) is 8.84. The van der Waals surface area contributed by atoms with Crippen LogP contribution in [0.3, 0.4) is 0 Å². The van der Waals surface area contributed by atoms with E-state index in [9.17, 15) is 4.79 Å². The normalized spacial score (nSPS) is 11.7. The van der Waals surface area contributed by atoms with Gasteiger partial charge in [0.15, 0.2) is 0 Å². The van der Waals surface area contributed by atoms with Gasteiger partial charge in [0.2, 0.25) is 0 Å². The molecular formula is C18H21N5O. The van der Waals surface area contributed by atoms with Crippen molar-refractivity contribution in [2.24, 2.45) is 5.73 Å². The fourth-order valence-corrected chi connectivity index (χ4v) is 2.61. The van der Waals surface area contributed by atoms with E-state index in [2.05, 4.69) is 31.1 Å². The molecule has 2 heterocycles. The number of primary amides is 1. The van der Waals surface area contributed by atoms with Crippen molar-refractivity contribution in [2.45, 2.75) is 33.2 Å². The molecule has 124 valence electrons. The van der Waals surface area contributed by atoms with E-state index < -0.39 is 5.91 Å². The van der Waals surface area contributed by atoms with Gasteiger partial charge >= 0.3 is 0 Å². The topological polar surface area (TPSA) is 85.8 Å². The number of rotatable bonds is 3. The number of carbonyl (C=O) groups excluding carboxylic acids is 1. The fraction of sp³-hybridized carbons (Fsp3) is 0.278. The van der Waals surface area contributed by atoms with E-state index >= 15 is 0 Å². The van der Waals surface area contributed by atoms with Gasteiger partial charge in [-0.3, -0.25) is 4.79 Å². The van der Waals surface area contributed by atoms with Crippen molar-refractivity contribution < 1.29 is 4.79 Å². The first-order valence-corrected chi connectivity index (χ1v) is 7.79. The summed E-state index contributed by atoms with van der Waals surface area (Å²) < 4.78 is 1.75. The maximum absolute atomic E-state index is 11.7. The van der Waals surface area contributed by atoms with E-state index in [-0.39, 0.29) is 5.54 Å². The van der Waals surface area contributed by atoms with E-state index in [1.165, 1.54) is 0 Å². The van der Waals surface area contributed by atoms with Crippen LogP contribution in [0, 0.1) is 6.92 Å². The predicted octanol–water partition coefficient (Wildman–Crippen LogP) is 3.04. The van der Waals surface area contributed by atoms with Gasteiger partial charge in [-0.25, -0.2) is 9.97 Å². The first-order chi connectivity index (χ1) is 11.3. The second-order valence-electron chi connectivity index (χ2n) is 6.81. The monoisotopic (exact) mass is 323 g/mol. The Balaban J connectivity index is 2.24. The number of carbonyl (C=O) groups is 1. The maximum Gasteiger partial charge on any atom is 0.265 e. The summed E-state index contributed by atoms with van der Waals surface area (Å²) in [6, 6.07) is 9.19. The van der Waals surface area contributed by atoms with Crippen LogP contribution in [0.5, 0.6) is 0 Å². The second kappa shape index (κ2) is 5.63. The van der Waals surface area contributed by atoms with Crippen molar-refractivity contribution in [2.75, 3.05) is 5.32 Å². The van der Waals surface area contributed by atoms with Crippen LogP contribution in [0.4, 0.5) is 5.82 Å². The molecule has 3 N–H and O–H groups in total. The first kappa shape index (κ1) is 16.0. The molecule has 1 amide bonds. The molecule has 0 radical (unpaired) electrons. The summed E-state index contributed by atoms with van der Waals surface area (Å²) in [4.78, 5) is 21.1. The molecule has 6 nitrogen and oxygen atoms in total. The zero-order chi connectivity index (χ0) is 17.5. The summed E-state index contributed by atoms with van der Waals surface area (Å²) in [6.45, 7) is 8.14. The van der Waals surface area contributed by atoms with Gasteiger partial charge in [0.05, 0.1) is 16.9 Å². The minimum absolute atomic E-state index is 0.131. The Morgan fingerprint density at radius 2 is 1.92 bits per heavy atom. The summed E-state index contributed by atoms with van der Waals surface area (Å²) in [6.07, 6.45) is 1.80. The van der Waals surface area contributed by atoms with E-state index in [1.54, 1.807) is 22.9 Å². The molecule has 0 aliphatic heterocycles. The van der Waals surface area contributed by atoms with Crippen LogP contribution in [0.1, 0.15) is 37.0 Å². The molecule has 0 spiro atoms. The number of benzene rings is 1. The molecule has 0 saturated carbocycles. The molecular weight excluding hydrogens is 302 g/mol. The maximum atomic E-state index is 11.7. The van der Waals surface area contributed by atoms with Crippen LogP contribution < -0.4 is 11.1 Å². The smallest absolute Gasteiger partial charge is 0.265 e. The van der Waals surface area contributed by atoms with Crippen LogP contribution in [0.15, 0.2) is 36.5 Å². The molecule has 0 saturated heterocycles. The Labute approximate surface area is 140 Å². The van der Waals surface area contributed by atoms with E-state index in [1.807, 2.05) is 25.1 Å². The van der Waals surface area contributed by atoms with Crippen molar-refractivity contribution in [1.82, 2.24) is 14.5 Å². The number of amides is 1. The number of nitrogens with one attached hydrogen (secondary N) is 1. The molecule has 6 heteroatoms. The summed E-state index contributed by atoms with van der Waals surface area (Å²) in [7, 11) is 0. The molecule has 3 aromatic rings. The minimum atomic E-state index is -0.481. The highest BCUT2D eigenvalue weighted by molar-refractivity contribution is 5.93. The van der Waals surface area contributed by atoms with Crippen LogP contribution in [0.2, 0.25) is 0 Å². The van der Waals surface area contributed by atoms with Gasteiger partial charge in [-0.05, 0) is 52.0 Å². The zero-order valence-corrected chi connectivity index (χ0v) is 14.3. The van der Waals surface area contributed by atoms with E-state index in [0.29, 0.717) is 11.2 Å². The number of para-hydroxylation sites is 1. The van der Waals surface area contributed by atoms with Gasteiger partial charge in [0, 0.05) is 11.7 Å². The van der Waals surface area contributed by atoms with Crippen molar-refractivity contribution in [3.8, 4) is 5.69 Å². The fourth-order valence-electron chi connectivity index (χ4n) is 2.61. The Kier molecular flexibility index (Phi) is 3.75. The summed E-state index contributed by atoms with van der Waals surface area (Å²) in [5, 5.41) is 3.38. The number of aromatic nitrogens is 3. The largest absolute Gasteiger partial charge is 0.364 e. The lowest BCUT2D eigenvalue weighted by Crippen LogP contribution is -2.27. The van der Waals surface area contributed by atoms with Crippen LogP contribution in [-0.2, 0) is 0 Å². The molecule has 0 atom stereocenters. The average Bonchev–Trinajstić information content (AvgIpc) is 2.95. The molecule has 0 aliphatic carbocycles. The quantitative estimate of drug-likeness (QED) is 0.775. The number of fused-ring (bicyclic) bond motifs is 1.